The summed E-state index contributed by atoms with van der Waals surface area (Å²) in [5.74, 6) is -2.50. The molecule has 0 amide bonds. The zero-order valence-corrected chi connectivity index (χ0v) is 15.4. The van der Waals surface area contributed by atoms with Gasteiger partial charge < -0.3 is 9.47 Å². The average molecular weight is 392 g/mol. The summed E-state index contributed by atoms with van der Waals surface area (Å²) in [6, 6.07) is 11.7. The van der Waals surface area contributed by atoms with E-state index in [1.54, 1.807) is 0 Å². The number of hydrogen-bond acceptors (Lipinski definition) is 2. The third-order valence-electron chi connectivity index (χ3n) is 5.50. The lowest BCUT2D eigenvalue weighted by atomic mass is 9.78. The Balaban J connectivity index is 1.46. The van der Waals surface area contributed by atoms with Crippen molar-refractivity contribution in [3.63, 3.8) is 0 Å². The van der Waals surface area contributed by atoms with E-state index in [1.165, 1.54) is 17.2 Å². The van der Waals surface area contributed by atoms with E-state index in [4.69, 9.17) is 0 Å². The Morgan fingerprint density at radius 1 is 0.893 bits per heavy atom. The summed E-state index contributed by atoms with van der Waals surface area (Å²) < 4.78 is 64.2. The minimum absolute atomic E-state index is 0.127. The molecule has 2 aromatic carbocycles. The molecule has 148 valence electrons. The molecule has 2 nitrogen and oxygen atoms in total. The highest BCUT2D eigenvalue weighted by Crippen LogP contribution is 2.45. The van der Waals surface area contributed by atoms with E-state index in [2.05, 4.69) is 33.7 Å². The van der Waals surface area contributed by atoms with E-state index in [1.807, 2.05) is 6.92 Å². The van der Waals surface area contributed by atoms with Gasteiger partial charge in [0.15, 0.2) is 17.3 Å². The van der Waals surface area contributed by atoms with Gasteiger partial charge in [0.1, 0.15) is 5.83 Å². The van der Waals surface area contributed by atoms with Gasteiger partial charge in [0.25, 0.3) is 0 Å². The zero-order valence-electron chi connectivity index (χ0n) is 15.4. The highest BCUT2D eigenvalue weighted by Gasteiger charge is 2.43. The van der Waals surface area contributed by atoms with E-state index >= 15 is 0 Å². The molecule has 1 saturated carbocycles. The van der Waals surface area contributed by atoms with Crippen molar-refractivity contribution in [2.75, 3.05) is 0 Å². The number of ether oxygens (including phenoxy) is 2. The summed E-state index contributed by atoms with van der Waals surface area (Å²) in [5, 5.41) is 0. The first kappa shape index (κ1) is 18.8. The summed E-state index contributed by atoms with van der Waals surface area (Å²) in [4.78, 5) is 0. The number of rotatable bonds is 3. The molecular formula is C22H20F4O2. The molecule has 2 aromatic rings. The molecule has 1 aliphatic heterocycles. The fraction of sp³-hybridized carbons (Fsp3) is 0.364. The van der Waals surface area contributed by atoms with Crippen LogP contribution >= 0.6 is 0 Å². The standard InChI is InChI=1S/C22H20F4O2/c1-13-2-4-14(5-3-13)15-6-8-16(9-7-15)20(23)21(24)17-10-11-18-19(12-17)28-22(25,26)27-18/h2-5,10-12,15-16H,6-9H2,1H3/b21-20+. The smallest absolute Gasteiger partial charge is 0.395 e. The quantitative estimate of drug-likeness (QED) is 0.529. The predicted molar refractivity (Wildman–Crippen MR) is 97.7 cm³/mol. The molecule has 2 aliphatic rings. The fourth-order valence-electron chi connectivity index (χ4n) is 3.92. The van der Waals surface area contributed by atoms with E-state index in [0.29, 0.717) is 18.8 Å². The van der Waals surface area contributed by atoms with Gasteiger partial charge in [-0.1, -0.05) is 29.8 Å². The van der Waals surface area contributed by atoms with Crippen molar-refractivity contribution in [1.82, 2.24) is 0 Å². The predicted octanol–water partition coefficient (Wildman–Crippen LogP) is 6.90. The van der Waals surface area contributed by atoms with E-state index < -0.39 is 23.9 Å². The number of alkyl halides is 2. The Kier molecular flexibility index (Phi) is 4.81. The van der Waals surface area contributed by atoms with Crippen LogP contribution in [0.1, 0.15) is 48.3 Å². The molecule has 1 aliphatic carbocycles. The van der Waals surface area contributed by atoms with Crippen molar-refractivity contribution in [2.45, 2.75) is 44.8 Å². The monoisotopic (exact) mass is 392 g/mol. The van der Waals surface area contributed by atoms with Crippen molar-refractivity contribution in [1.29, 1.82) is 0 Å². The zero-order chi connectivity index (χ0) is 19.9. The maximum atomic E-state index is 14.7. The average Bonchev–Trinajstić information content (AvgIpc) is 3.00. The number of aryl methyl sites for hydroxylation is 1. The second-order valence-electron chi connectivity index (χ2n) is 7.45. The van der Waals surface area contributed by atoms with Gasteiger partial charge in [0, 0.05) is 11.5 Å². The lowest BCUT2D eigenvalue weighted by Gasteiger charge is -2.28. The second kappa shape index (κ2) is 7.15. The lowest BCUT2D eigenvalue weighted by molar-refractivity contribution is -0.286. The first-order valence-electron chi connectivity index (χ1n) is 9.34. The van der Waals surface area contributed by atoms with E-state index in [-0.39, 0.29) is 17.1 Å². The van der Waals surface area contributed by atoms with Crippen LogP contribution in [0.5, 0.6) is 11.5 Å². The number of hydrogen-bond donors (Lipinski definition) is 0. The Morgan fingerprint density at radius 3 is 2.21 bits per heavy atom. The van der Waals surface area contributed by atoms with Crippen molar-refractivity contribution >= 4 is 5.83 Å². The van der Waals surface area contributed by atoms with Gasteiger partial charge in [-0.05, 0) is 62.3 Å². The summed E-state index contributed by atoms with van der Waals surface area (Å²) in [7, 11) is 0. The number of halogens is 4. The molecule has 0 atom stereocenters. The molecule has 0 bridgehead atoms. The van der Waals surface area contributed by atoms with Crippen LogP contribution in [-0.4, -0.2) is 6.29 Å². The van der Waals surface area contributed by atoms with Crippen LogP contribution in [0.2, 0.25) is 0 Å². The molecule has 1 fully saturated rings. The number of allylic oxidation sites excluding steroid dienone is 1. The van der Waals surface area contributed by atoms with Crippen LogP contribution in [0.4, 0.5) is 17.6 Å². The van der Waals surface area contributed by atoms with Gasteiger partial charge in [0.05, 0.1) is 0 Å². The van der Waals surface area contributed by atoms with Gasteiger partial charge in [-0.2, -0.15) is 0 Å². The molecule has 1 heterocycles. The summed E-state index contributed by atoms with van der Waals surface area (Å²) in [6.07, 6.45) is -1.14. The van der Waals surface area contributed by atoms with Crippen molar-refractivity contribution in [2.24, 2.45) is 5.92 Å². The van der Waals surface area contributed by atoms with Crippen LogP contribution in [0.25, 0.3) is 5.83 Å². The first-order valence-corrected chi connectivity index (χ1v) is 9.34. The summed E-state index contributed by atoms with van der Waals surface area (Å²) >= 11 is 0. The summed E-state index contributed by atoms with van der Waals surface area (Å²) in [6.45, 7) is 2.03. The molecule has 0 saturated heterocycles. The van der Waals surface area contributed by atoms with Crippen LogP contribution in [0.15, 0.2) is 48.3 Å². The molecule has 0 spiro atoms. The third kappa shape index (κ3) is 3.73. The first-order chi connectivity index (χ1) is 13.3. The normalized spacial score (nSPS) is 24.0. The second-order valence-corrected chi connectivity index (χ2v) is 7.45. The molecule has 6 heteroatoms. The number of benzene rings is 2. The molecule has 28 heavy (non-hydrogen) atoms. The van der Waals surface area contributed by atoms with Crippen molar-refractivity contribution in [3.05, 3.63) is 65.0 Å². The van der Waals surface area contributed by atoms with E-state index in [9.17, 15) is 17.6 Å². The highest BCUT2D eigenvalue weighted by atomic mass is 19.3. The Labute approximate surface area is 160 Å². The maximum absolute atomic E-state index is 14.7. The number of fused-ring (bicyclic) bond motifs is 1. The fourth-order valence-corrected chi connectivity index (χ4v) is 3.92. The Hall–Kier alpha value is -2.50. The lowest BCUT2D eigenvalue weighted by Crippen LogP contribution is -2.25. The largest absolute Gasteiger partial charge is 0.586 e. The highest BCUT2D eigenvalue weighted by molar-refractivity contribution is 5.65. The van der Waals surface area contributed by atoms with Crippen LogP contribution in [-0.2, 0) is 0 Å². The third-order valence-corrected chi connectivity index (χ3v) is 5.50. The van der Waals surface area contributed by atoms with Crippen LogP contribution in [0.3, 0.4) is 0 Å². The molecular weight excluding hydrogens is 372 g/mol. The van der Waals surface area contributed by atoms with Crippen molar-refractivity contribution in [3.8, 4) is 11.5 Å². The van der Waals surface area contributed by atoms with Crippen LogP contribution < -0.4 is 9.47 Å². The van der Waals surface area contributed by atoms with Gasteiger partial charge in [0.2, 0.25) is 0 Å². The maximum Gasteiger partial charge on any atom is 0.586 e. The molecule has 4 rings (SSSR count). The topological polar surface area (TPSA) is 18.5 Å². The molecule has 0 radical (unpaired) electrons. The van der Waals surface area contributed by atoms with Crippen LogP contribution in [0, 0.1) is 12.8 Å². The van der Waals surface area contributed by atoms with Gasteiger partial charge in [-0.25, -0.2) is 8.78 Å². The Bertz CT molecular complexity index is 897. The molecule has 0 unspecified atom stereocenters. The van der Waals surface area contributed by atoms with Gasteiger partial charge in [-0.15, -0.1) is 8.78 Å². The summed E-state index contributed by atoms with van der Waals surface area (Å²) in [5.41, 5.74) is 2.29. The van der Waals surface area contributed by atoms with Gasteiger partial charge in [-0.3, -0.25) is 0 Å². The minimum Gasteiger partial charge on any atom is -0.395 e. The molecule has 0 aromatic heterocycles. The van der Waals surface area contributed by atoms with E-state index in [0.717, 1.165) is 25.0 Å². The Morgan fingerprint density at radius 2 is 1.54 bits per heavy atom. The molecule has 0 N–H and O–H groups in total. The van der Waals surface area contributed by atoms with Gasteiger partial charge >= 0.3 is 6.29 Å². The minimum atomic E-state index is -3.78. The van der Waals surface area contributed by atoms with Crippen molar-refractivity contribution < 1.29 is 27.0 Å². The SMILES string of the molecule is Cc1ccc(C2CCC(/C(F)=C(\F)c3ccc4c(c3)OC(F)(F)O4)CC2)cc1.